The molecule has 0 radical (unpaired) electrons. The zero-order valence-corrected chi connectivity index (χ0v) is 9.65. The van der Waals surface area contributed by atoms with Crippen molar-refractivity contribution in [1.82, 2.24) is 3.34 Å². The van der Waals surface area contributed by atoms with Gasteiger partial charge in [0.1, 0.15) is 0 Å². The van der Waals surface area contributed by atoms with E-state index in [1.807, 2.05) is 0 Å². The Hall–Kier alpha value is -0.640. The van der Waals surface area contributed by atoms with E-state index in [2.05, 4.69) is 0 Å². The second kappa shape index (κ2) is 4.56. The number of sulfonamides is 1. The van der Waals surface area contributed by atoms with Crippen molar-refractivity contribution in [2.75, 3.05) is 0 Å². The summed E-state index contributed by atoms with van der Waals surface area (Å²) in [5, 5.41) is 0. The van der Waals surface area contributed by atoms with Gasteiger partial charge in [0.05, 0.1) is 0 Å². The van der Waals surface area contributed by atoms with E-state index in [0.29, 0.717) is 0 Å². The number of hydrogen-bond acceptors (Lipinski definition) is 2. The van der Waals surface area contributed by atoms with Crippen LogP contribution in [0.2, 0.25) is 0 Å². The maximum atomic E-state index is 13.0. The second-order valence-corrected chi connectivity index (χ2v) is 5.55. The average molecular weight is 316 g/mol. The van der Waals surface area contributed by atoms with Gasteiger partial charge < -0.3 is 0 Å². The Morgan fingerprint density at radius 1 is 0.765 bits per heavy atom. The normalized spacial score (nSPS) is 12.2. The molecule has 1 aromatic rings. The molecule has 96 valence electrons. The lowest BCUT2D eigenvalue weighted by Crippen LogP contribution is -2.19. The Labute approximate surface area is 102 Å². The molecule has 0 atom stereocenters. The molecule has 1 aromatic carbocycles. The summed E-state index contributed by atoms with van der Waals surface area (Å²) in [5.74, 6) is -12.4. The summed E-state index contributed by atoms with van der Waals surface area (Å²) >= 11 is 9.46. The minimum atomic E-state index is -5.23. The number of hydrogen-bond donors (Lipinski definition) is 0. The van der Waals surface area contributed by atoms with Crippen molar-refractivity contribution in [3.63, 3.8) is 0 Å². The maximum Gasteiger partial charge on any atom is 0.276 e. The topological polar surface area (TPSA) is 37.4 Å². The third-order valence-electron chi connectivity index (χ3n) is 1.61. The minimum Gasteiger partial charge on any atom is -0.204 e. The Morgan fingerprint density at radius 3 is 1.35 bits per heavy atom. The van der Waals surface area contributed by atoms with E-state index in [1.165, 1.54) is 0 Å². The van der Waals surface area contributed by atoms with Gasteiger partial charge >= 0.3 is 0 Å². The van der Waals surface area contributed by atoms with E-state index in [1.54, 1.807) is 0 Å². The lowest BCUT2D eigenvalue weighted by molar-refractivity contribution is 0.357. The molecule has 0 fully saturated rings. The zero-order valence-electron chi connectivity index (χ0n) is 7.32. The molecule has 0 N–H and O–H groups in total. The molecular formula is C6Cl2F5NO2S. The maximum absolute atomic E-state index is 13.0. The Kier molecular flexibility index (Phi) is 3.87. The predicted molar refractivity (Wildman–Crippen MR) is 47.0 cm³/mol. The Morgan fingerprint density at radius 2 is 1.06 bits per heavy atom. The van der Waals surface area contributed by atoms with Crippen LogP contribution in [0.15, 0.2) is 4.90 Å². The summed E-state index contributed by atoms with van der Waals surface area (Å²) in [4.78, 5) is -2.13. The SMILES string of the molecule is O=S(=O)(c1c(F)c(F)c(F)c(F)c1F)N(Cl)Cl. The van der Waals surface area contributed by atoms with Gasteiger partial charge in [0, 0.05) is 23.6 Å². The van der Waals surface area contributed by atoms with Crippen molar-refractivity contribution in [2.45, 2.75) is 4.90 Å². The first-order chi connectivity index (χ1) is 7.62. The Bertz CT molecular complexity index is 547. The van der Waals surface area contributed by atoms with E-state index >= 15 is 0 Å². The summed E-state index contributed by atoms with van der Waals surface area (Å²) in [6.07, 6.45) is 0. The van der Waals surface area contributed by atoms with Gasteiger partial charge in [-0.15, -0.1) is 0 Å². The van der Waals surface area contributed by atoms with Crippen LogP contribution in [0, 0.1) is 29.1 Å². The molecular weight excluding hydrogens is 316 g/mol. The first-order valence-corrected chi connectivity index (χ1v) is 5.62. The van der Waals surface area contributed by atoms with Crippen LogP contribution in [0.1, 0.15) is 0 Å². The van der Waals surface area contributed by atoms with Crippen molar-refractivity contribution in [1.29, 1.82) is 0 Å². The molecule has 3 nitrogen and oxygen atoms in total. The summed E-state index contributed by atoms with van der Waals surface area (Å²) < 4.78 is 85.5. The molecule has 0 heterocycles. The molecule has 0 aliphatic rings. The molecule has 0 saturated carbocycles. The molecule has 0 spiro atoms. The lowest BCUT2D eigenvalue weighted by atomic mass is 10.3. The third kappa shape index (κ3) is 2.19. The van der Waals surface area contributed by atoms with Crippen molar-refractivity contribution >= 4 is 33.6 Å². The fourth-order valence-corrected chi connectivity index (χ4v) is 2.06. The molecule has 0 aromatic heterocycles. The average Bonchev–Trinajstić information content (AvgIpc) is 2.23. The number of rotatable bonds is 2. The number of benzene rings is 1. The fraction of sp³-hybridized carbons (Fsp3) is 0. The van der Waals surface area contributed by atoms with Gasteiger partial charge in [-0.05, 0) is 3.34 Å². The standard InChI is InChI=1S/C6Cl2F5NO2S/c7-14(8)17(15,16)6-4(12)2(10)1(9)3(11)5(6)13. The highest BCUT2D eigenvalue weighted by Crippen LogP contribution is 2.30. The van der Waals surface area contributed by atoms with Gasteiger partial charge in [-0.1, -0.05) is 0 Å². The number of halogens is 7. The largest absolute Gasteiger partial charge is 0.276 e. The number of nitrogens with zero attached hydrogens (tertiary/aromatic N) is 1. The first-order valence-electron chi connectivity index (χ1n) is 3.50. The summed E-state index contributed by atoms with van der Waals surface area (Å²) in [6.45, 7) is 0. The van der Waals surface area contributed by atoms with Gasteiger partial charge in [-0.3, -0.25) is 0 Å². The van der Waals surface area contributed by atoms with E-state index in [4.69, 9.17) is 23.6 Å². The molecule has 0 aliphatic heterocycles. The first kappa shape index (κ1) is 14.4. The van der Waals surface area contributed by atoms with Crippen LogP contribution in [-0.4, -0.2) is 11.8 Å². The van der Waals surface area contributed by atoms with Gasteiger partial charge in [0.15, 0.2) is 28.2 Å². The van der Waals surface area contributed by atoms with Crippen LogP contribution < -0.4 is 0 Å². The van der Waals surface area contributed by atoms with E-state index in [-0.39, 0.29) is 0 Å². The van der Waals surface area contributed by atoms with Crippen molar-refractivity contribution in [2.24, 2.45) is 0 Å². The smallest absolute Gasteiger partial charge is 0.204 e. The molecule has 11 heteroatoms. The van der Waals surface area contributed by atoms with E-state index in [0.717, 1.165) is 0 Å². The molecule has 0 aliphatic carbocycles. The van der Waals surface area contributed by atoms with E-state index < -0.39 is 47.3 Å². The molecule has 1 rings (SSSR count). The predicted octanol–water partition coefficient (Wildman–Crippen LogP) is 2.68. The van der Waals surface area contributed by atoms with Crippen molar-refractivity contribution < 1.29 is 30.4 Å². The monoisotopic (exact) mass is 315 g/mol. The van der Waals surface area contributed by atoms with Crippen LogP contribution in [0.3, 0.4) is 0 Å². The highest BCUT2D eigenvalue weighted by molar-refractivity contribution is 7.91. The van der Waals surface area contributed by atoms with Crippen molar-refractivity contribution in [3.8, 4) is 0 Å². The molecule has 0 bridgehead atoms. The van der Waals surface area contributed by atoms with Crippen molar-refractivity contribution in [3.05, 3.63) is 29.1 Å². The van der Waals surface area contributed by atoms with Crippen LogP contribution in [0.25, 0.3) is 0 Å². The van der Waals surface area contributed by atoms with Crippen LogP contribution in [0.4, 0.5) is 22.0 Å². The molecule has 0 unspecified atom stereocenters. The summed E-state index contributed by atoms with van der Waals surface area (Å²) in [6, 6.07) is 0. The van der Waals surface area contributed by atoms with Gasteiger partial charge in [0.2, 0.25) is 5.82 Å². The van der Waals surface area contributed by atoms with Crippen LogP contribution in [-0.2, 0) is 10.0 Å². The highest BCUT2D eigenvalue weighted by Gasteiger charge is 2.36. The summed E-state index contributed by atoms with van der Waals surface area (Å²) in [7, 11) is -5.23. The quantitative estimate of drug-likeness (QED) is 0.364. The molecule has 17 heavy (non-hydrogen) atoms. The molecule has 0 amide bonds. The van der Waals surface area contributed by atoms with Gasteiger partial charge in [0.25, 0.3) is 10.0 Å². The van der Waals surface area contributed by atoms with Gasteiger partial charge in [-0.25, -0.2) is 30.4 Å². The fourth-order valence-electron chi connectivity index (χ4n) is 0.880. The second-order valence-electron chi connectivity index (χ2n) is 2.58. The molecule has 0 saturated heterocycles. The highest BCUT2D eigenvalue weighted by atomic mass is 35.5. The third-order valence-corrected chi connectivity index (χ3v) is 3.94. The lowest BCUT2D eigenvalue weighted by Gasteiger charge is -2.09. The minimum absolute atomic E-state index is 0.717. The van der Waals surface area contributed by atoms with Crippen LogP contribution >= 0.6 is 23.6 Å². The zero-order chi connectivity index (χ0) is 13.5. The summed E-state index contributed by atoms with van der Waals surface area (Å²) in [5.41, 5.74) is 0. The van der Waals surface area contributed by atoms with Crippen LogP contribution in [0.5, 0.6) is 0 Å². The van der Waals surface area contributed by atoms with Gasteiger partial charge in [-0.2, -0.15) is 0 Å². The van der Waals surface area contributed by atoms with E-state index in [9.17, 15) is 30.4 Å². The Balaban J connectivity index is 3.80.